The van der Waals surface area contributed by atoms with Crippen LogP contribution in [0, 0.1) is 6.92 Å². The molecule has 0 saturated carbocycles. The molecule has 0 fully saturated rings. The van der Waals surface area contributed by atoms with Crippen LogP contribution < -0.4 is 0 Å². The van der Waals surface area contributed by atoms with E-state index in [2.05, 4.69) is 0 Å². The van der Waals surface area contributed by atoms with Crippen LogP contribution in [0.3, 0.4) is 0 Å². The molecule has 0 aliphatic heterocycles. The van der Waals surface area contributed by atoms with E-state index in [4.69, 9.17) is 0 Å². The Morgan fingerprint density at radius 3 is 1.85 bits per heavy atom. The minimum absolute atomic E-state index is 0.737. The molecule has 1 rings (SSSR count). The zero-order chi connectivity index (χ0) is 10.3. The lowest BCUT2D eigenvalue weighted by atomic mass is 10.2. The summed E-state index contributed by atoms with van der Waals surface area (Å²) < 4.78 is 29.0. The van der Waals surface area contributed by atoms with Gasteiger partial charge in [-0.15, -0.1) is 0 Å². The lowest BCUT2D eigenvalue weighted by Crippen LogP contribution is -1.77. The van der Waals surface area contributed by atoms with Crippen molar-refractivity contribution in [2.24, 2.45) is 0 Å². The summed E-state index contributed by atoms with van der Waals surface area (Å²) in [4.78, 5) is 10.1. The van der Waals surface area contributed by atoms with Crippen LogP contribution in [0.4, 0.5) is 12.9 Å². The van der Waals surface area contributed by atoms with Crippen molar-refractivity contribution < 1.29 is 17.7 Å². The van der Waals surface area contributed by atoms with Crippen LogP contribution in [0.2, 0.25) is 0 Å². The Kier molecular flexibility index (Phi) is 5.68. The summed E-state index contributed by atoms with van der Waals surface area (Å²) in [6.07, 6.45) is 0.847. The number of benzene rings is 1. The van der Waals surface area contributed by atoms with Crippen molar-refractivity contribution in [1.82, 2.24) is 0 Å². The highest BCUT2D eigenvalue weighted by Gasteiger charge is 2.06. The van der Waals surface area contributed by atoms with Crippen LogP contribution in [0.1, 0.15) is 15.9 Å². The van der Waals surface area contributed by atoms with Crippen LogP contribution in [0.25, 0.3) is 0 Å². The Morgan fingerprint density at radius 2 is 1.54 bits per heavy atom. The molecule has 1 aromatic rings. The van der Waals surface area contributed by atoms with Crippen molar-refractivity contribution in [2.75, 3.05) is 0 Å². The fourth-order valence-electron chi connectivity index (χ4n) is 0.645. The highest BCUT2D eigenvalue weighted by atomic mass is 19.4. The third-order valence-electron chi connectivity index (χ3n) is 1.21. The summed E-state index contributed by atoms with van der Waals surface area (Å²) in [7, 11) is -3.67. The summed E-state index contributed by atoms with van der Waals surface area (Å²) in [5.74, 6) is 0. The molecule has 0 aliphatic rings. The normalized spacial score (nSPS) is 8.31. The first-order valence-electron chi connectivity index (χ1n) is 3.50. The van der Waals surface area contributed by atoms with Gasteiger partial charge in [-0.25, -0.2) is 0 Å². The van der Waals surface area contributed by atoms with E-state index in [-0.39, 0.29) is 0 Å². The third-order valence-corrected chi connectivity index (χ3v) is 1.21. The largest absolute Gasteiger partial charge is 0.762 e. The highest BCUT2D eigenvalue weighted by Crippen LogP contribution is 1.98. The van der Waals surface area contributed by atoms with Gasteiger partial charge in [-0.1, -0.05) is 29.8 Å². The van der Waals surface area contributed by atoms with Gasteiger partial charge in [0.25, 0.3) is 0 Å². The Morgan fingerprint density at radius 1 is 1.15 bits per heavy atom. The van der Waals surface area contributed by atoms with Gasteiger partial charge in [0.1, 0.15) is 6.29 Å². The molecule has 0 radical (unpaired) electrons. The molecular weight excluding hydrogens is 180 g/mol. The molecule has 0 heterocycles. The van der Waals surface area contributed by atoms with Gasteiger partial charge in [-0.2, -0.15) is 0 Å². The van der Waals surface area contributed by atoms with Gasteiger partial charge in [0.15, 0.2) is 0 Å². The predicted octanol–water partition coefficient (Wildman–Crippen LogP) is 2.69. The van der Waals surface area contributed by atoms with Crippen LogP contribution in [0.15, 0.2) is 24.3 Å². The lowest BCUT2D eigenvalue weighted by Gasteiger charge is -1.89. The van der Waals surface area contributed by atoms with Gasteiger partial charge < -0.3 is 0 Å². The second kappa shape index (κ2) is 6.28. The van der Waals surface area contributed by atoms with Gasteiger partial charge in [0, 0.05) is 5.56 Å². The summed E-state index contributed by atoms with van der Waals surface area (Å²) in [5.41, 5.74) is 1.92. The number of halogens is 3. The maximum Gasteiger partial charge on any atom is 0.762 e. The third kappa shape index (κ3) is 7.12. The zero-order valence-electron chi connectivity index (χ0n) is 7.01. The quantitative estimate of drug-likeness (QED) is 0.489. The second-order valence-corrected chi connectivity index (χ2v) is 2.28. The summed E-state index contributed by atoms with van der Waals surface area (Å²) >= 11 is 0. The first kappa shape index (κ1) is 11.7. The van der Waals surface area contributed by atoms with E-state index < -0.39 is 7.54 Å². The molecule has 1 aromatic carbocycles. The van der Waals surface area contributed by atoms with Crippen LogP contribution in [-0.4, -0.2) is 13.8 Å². The number of rotatable bonds is 1. The number of aldehydes is 1. The fourth-order valence-corrected chi connectivity index (χ4v) is 0.645. The topological polar surface area (TPSA) is 17.1 Å². The molecule has 0 aliphatic carbocycles. The molecule has 0 atom stereocenters. The van der Waals surface area contributed by atoms with Crippen LogP contribution >= 0.6 is 0 Å². The van der Waals surface area contributed by atoms with E-state index in [9.17, 15) is 17.7 Å². The molecule has 5 heteroatoms. The van der Waals surface area contributed by atoms with Crippen LogP contribution in [-0.2, 0) is 0 Å². The van der Waals surface area contributed by atoms with Crippen molar-refractivity contribution in [3.05, 3.63) is 35.4 Å². The number of carbonyl (C=O) groups is 1. The molecular formula is C8H8BF3O. The van der Waals surface area contributed by atoms with E-state index >= 15 is 0 Å². The van der Waals surface area contributed by atoms with Gasteiger partial charge in [-0.05, 0) is 6.92 Å². The molecule has 0 bridgehead atoms. The van der Waals surface area contributed by atoms with E-state index in [1.165, 1.54) is 5.56 Å². The van der Waals surface area contributed by atoms with E-state index in [0.717, 1.165) is 11.8 Å². The van der Waals surface area contributed by atoms with Crippen molar-refractivity contribution in [3.63, 3.8) is 0 Å². The first-order chi connectivity index (χ1) is 6.06. The smallest absolute Gasteiger partial charge is 0.298 e. The zero-order valence-corrected chi connectivity index (χ0v) is 7.01. The lowest BCUT2D eigenvalue weighted by molar-refractivity contribution is 0.112. The Labute approximate surface area is 74.8 Å². The SMILES string of the molecule is Cc1ccc(C=O)cc1.FB(F)F. The van der Waals surface area contributed by atoms with Gasteiger partial charge in [0.05, 0.1) is 0 Å². The maximum absolute atomic E-state index is 10.1. The monoisotopic (exact) mass is 188 g/mol. The average Bonchev–Trinajstić information content (AvgIpc) is 2.05. The molecule has 0 aromatic heterocycles. The molecule has 0 spiro atoms. The average molecular weight is 188 g/mol. The number of aryl methyl sites for hydroxylation is 1. The molecule has 0 saturated heterocycles. The summed E-state index contributed by atoms with van der Waals surface area (Å²) in [6.45, 7) is 1.99. The summed E-state index contributed by atoms with van der Waals surface area (Å²) in [6, 6.07) is 7.46. The Hall–Kier alpha value is -1.26. The fraction of sp³-hybridized carbons (Fsp3) is 0.125. The minimum atomic E-state index is -3.67. The van der Waals surface area contributed by atoms with Crippen molar-refractivity contribution in [2.45, 2.75) is 6.92 Å². The highest BCUT2D eigenvalue weighted by molar-refractivity contribution is 6.33. The maximum atomic E-state index is 10.1. The predicted molar refractivity (Wildman–Crippen MR) is 45.6 cm³/mol. The molecule has 1 nitrogen and oxygen atoms in total. The first-order valence-corrected chi connectivity index (χ1v) is 3.50. The molecule has 0 amide bonds. The van der Waals surface area contributed by atoms with Crippen molar-refractivity contribution >= 4 is 13.8 Å². The van der Waals surface area contributed by atoms with Crippen LogP contribution in [0.5, 0.6) is 0 Å². The van der Waals surface area contributed by atoms with Gasteiger partial charge in [0.2, 0.25) is 0 Å². The summed E-state index contributed by atoms with van der Waals surface area (Å²) in [5, 5.41) is 0. The number of hydrogen-bond acceptors (Lipinski definition) is 1. The van der Waals surface area contributed by atoms with E-state index in [0.29, 0.717) is 0 Å². The van der Waals surface area contributed by atoms with Crippen molar-refractivity contribution in [1.29, 1.82) is 0 Å². The van der Waals surface area contributed by atoms with Gasteiger partial charge >= 0.3 is 7.54 Å². The molecule has 0 unspecified atom stereocenters. The van der Waals surface area contributed by atoms with E-state index in [1.54, 1.807) is 0 Å². The number of carbonyl (C=O) groups excluding carboxylic acids is 1. The standard InChI is InChI=1S/C8H8O.BF3/c1-7-2-4-8(6-9)5-3-7;2-1(3)4/h2-6H,1H3;. The Bertz CT molecular complexity index is 245. The number of hydrogen-bond donors (Lipinski definition) is 0. The molecule has 70 valence electrons. The molecule has 0 N–H and O–H groups in total. The van der Waals surface area contributed by atoms with E-state index in [1.807, 2.05) is 31.2 Å². The van der Waals surface area contributed by atoms with Crippen molar-refractivity contribution in [3.8, 4) is 0 Å². The minimum Gasteiger partial charge on any atom is -0.298 e. The Balaban J connectivity index is 0.000000310. The molecule has 13 heavy (non-hydrogen) atoms. The second-order valence-electron chi connectivity index (χ2n) is 2.28. The van der Waals surface area contributed by atoms with Gasteiger partial charge in [-0.3, -0.25) is 17.7 Å².